The minimum absolute atomic E-state index is 0. The first kappa shape index (κ1) is 24.3. The van der Waals surface area contributed by atoms with Gasteiger partial charge in [-0.25, -0.2) is 13.1 Å². The molecule has 0 unspecified atom stereocenters. The number of aromatic nitrogens is 1. The van der Waals surface area contributed by atoms with Gasteiger partial charge in [0.2, 0.25) is 10.0 Å². The van der Waals surface area contributed by atoms with Crippen LogP contribution in [0.3, 0.4) is 0 Å². The Morgan fingerprint density at radius 2 is 1.86 bits per heavy atom. The lowest BCUT2D eigenvalue weighted by Crippen LogP contribution is -2.41. The number of aryl methyl sites for hydroxylation is 1. The van der Waals surface area contributed by atoms with Gasteiger partial charge < -0.3 is 10.6 Å². The summed E-state index contributed by atoms with van der Waals surface area (Å²) in [5.41, 5.74) is 1.30. The maximum Gasteiger partial charge on any atom is 0.242 e. The lowest BCUT2D eigenvalue weighted by atomic mass is 10.1. The number of benzene rings is 1. The molecule has 7 nitrogen and oxygen atoms in total. The fraction of sp³-hybridized carbons (Fsp3) is 0.368. The molecule has 2 rings (SSSR count). The Labute approximate surface area is 184 Å². The predicted molar refractivity (Wildman–Crippen MR) is 124 cm³/mol. The number of pyridine rings is 1. The largest absolute Gasteiger partial charge is 0.357 e. The van der Waals surface area contributed by atoms with E-state index in [9.17, 15) is 8.42 Å². The molecule has 0 bridgehead atoms. The second-order valence-electron chi connectivity index (χ2n) is 5.86. The SMILES string of the molecule is CCNC(=NCCCc1ccccc1)NCCNS(=O)(=O)c1cccnc1.I. The highest BCUT2D eigenvalue weighted by Crippen LogP contribution is 2.04. The third-order valence-electron chi connectivity index (χ3n) is 3.73. The maximum absolute atomic E-state index is 12.1. The van der Waals surface area contributed by atoms with Crippen LogP contribution in [0.5, 0.6) is 0 Å². The molecule has 1 aromatic heterocycles. The molecule has 0 saturated heterocycles. The Hall–Kier alpha value is -1.72. The second kappa shape index (κ2) is 13.5. The van der Waals surface area contributed by atoms with Gasteiger partial charge in [-0.3, -0.25) is 9.98 Å². The van der Waals surface area contributed by atoms with Gasteiger partial charge in [0.05, 0.1) is 0 Å². The van der Waals surface area contributed by atoms with Crippen LogP contribution in [-0.4, -0.2) is 45.5 Å². The smallest absolute Gasteiger partial charge is 0.242 e. The molecule has 0 spiro atoms. The van der Waals surface area contributed by atoms with Crippen molar-refractivity contribution in [2.45, 2.75) is 24.7 Å². The summed E-state index contributed by atoms with van der Waals surface area (Å²) in [4.78, 5) is 8.52. The van der Waals surface area contributed by atoms with E-state index < -0.39 is 10.0 Å². The van der Waals surface area contributed by atoms with Crippen LogP contribution >= 0.6 is 24.0 Å². The molecule has 0 fully saturated rings. The van der Waals surface area contributed by atoms with Crippen molar-refractivity contribution in [1.29, 1.82) is 0 Å². The van der Waals surface area contributed by atoms with E-state index in [1.54, 1.807) is 6.07 Å². The molecule has 2 aromatic rings. The number of hydrogen-bond donors (Lipinski definition) is 3. The zero-order chi connectivity index (χ0) is 19.4. The predicted octanol–water partition coefficient (Wildman–Crippen LogP) is 2.17. The highest BCUT2D eigenvalue weighted by atomic mass is 127. The zero-order valence-corrected chi connectivity index (χ0v) is 19.1. The summed E-state index contributed by atoms with van der Waals surface area (Å²) >= 11 is 0. The molecule has 0 atom stereocenters. The van der Waals surface area contributed by atoms with Crippen LogP contribution in [0.15, 0.2) is 64.7 Å². The van der Waals surface area contributed by atoms with Crippen molar-refractivity contribution in [1.82, 2.24) is 20.3 Å². The molecule has 0 aliphatic heterocycles. The van der Waals surface area contributed by atoms with Gasteiger partial charge in [-0.1, -0.05) is 30.3 Å². The average Bonchev–Trinajstić information content (AvgIpc) is 2.70. The van der Waals surface area contributed by atoms with E-state index >= 15 is 0 Å². The van der Waals surface area contributed by atoms with E-state index in [-0.39, 0.29) is 35.4 Å². The van der Waals surface area contributed by atoms with Gasteiger partial charge in [0.25, 0.3) is 0 Å². The Morgan fingerprint density at radius 3 is 2.54 bits per heavy atom. The Bertz CT molecular complexity index is 802. The van der Waals surface area contributed by atoms with Crippen LogP contribution in [0.2, 0.25) is 0 Å². The number of guanidine groups is 1. The number of hydrogen-bond acceptors (Lipinski definition) is 4. The Balaban J connectivity index is 0.00000392. The average molecular weight is 517 g/mol. The van der Waals surface area contributed by atoms with E-state index in [4.69, 9.17) is 0 Å². The van der Waals surface area contributed by atoms with Gasteiger partial charge in [0.15, 0.2) is 5.96 Å². The third-order valence-corrected chi connectivity index (χ3v) is 5.18. The fourth-order valence-electron chi connectivity index (χ4n) is 2.42. The molecule has 0 aliphatic carbocycles. The summed E-state index contributed by atoms with van der Waals surface area (Å²) < 4.78 is 26.8. The molecule has 154 valence electrons. The summed E-state index contributed by atoms with van der Waals surface area (Å²) in [6.07, 6.45) is 4.80. The first-order valence-corrected chi connectivity index (χ1v) is 10.6. The normalized spacial score (nSPS) is 11.5. The minimum atomic E-state index is -3.53. The van der Waals surface area contributed by atoms with Gasteiger partial charge in [-0.05, 0) is 37.5 Å². The topological polar surface area (TPSA) is 95.5 Å². The van der Waals surface area contributed by atoms with Crippen molar-refractivity contribution in [3.05, 3.63) is 60.4 Å². The molecular formula is C19H28IN5O2S. The number of rotatable bonds is 10. The van der Waals surface area contributed by atoms with Gasteiger partial charge in [0, 0.05) is 38.6 Å². The highest BCUT2D eigenvalue weighted by molar-refractivity contribution is 14.0. The highest BCUT2D eigenvalue weighted by Gasteiger charge is 2.12. The molecule has 9 heteroatoms. The van der Waals surface area contributed by atoms with Crippen molar-refractivity contribution >= 4 is 40.0 Å². The summed E-state index contributed by atoms with van der Waals surface area (Å²) in [6, 6.07) is 13.4. The summed E-state index contributed by atoms with van der Waals surface area (Å²) in [5.74, 6) is 0.686. The van der Waals surface area contributed by atoms with Gasteiger partial charge >= 0.3 is 0 Å². The van der Waals surface area contributed by atoms with Crippen LogP contribution in [0.25, 0.3) is 0 Å². The monoisotopic (exact) mass is 517 g/mol. The number of halogens is 1. The summed E-state index contributed by atoms with van der Waals surface area (Å²) in [5, 5.41) is 6.30. The second-order valence-corrected chi connectivity index (χ2v) is 7.63. The first-order chi connectivity index (χ1) is 13.1. The van der Waals surface area contributed by atoms with Crippen molar-refractivity contribution in [2.75, 3.05) is 26.2 Å². The van der Waals surface area contributed by atoms with Gasteiger partial charge in [-0.15, -0.1) is 24.0 Å². The number of sulfonamides is 1. The molecule has 28 heavy (non-hydrogen) atoms. The quantitative estimate of drug-likeness (QED) is 0.194. The molecule has 1 aromatic carbocycles. The minimum Gasteiger partial charge on any atom is -0.357 e. The van der Waals surface area contributed by atoms with E-state index in [1.807, 2.05) is 25.1 Å². The molecular weight excluding hydrogens is 489 g/mol. The molecule has 1 heterocycles. The summed E-state index contributed by atoms with van der Waals surface area (Å²) in [7, 11) is -3.53. The number of nitrogens with zero attached hydrogens (tertiary/aromatic N) is 2. The lowest BCUT2D eigenvalue weighted by Gasteiger charge is -2.12. The molecule has 0 radical (unpaired) electrons. The van der Waals surface area contributed by atoms with Crippen molar-refractivity contribution in [3.8, 4) is 0 Å². The van der Waals surface area contributed by atoms with Crippen molar-refractivity contribution in [2.24, 2.45) is 4.99 Å². The third kappa shape index (κ3) is 8.98. The molecule has 0 aliphatic rings. The van der Waals surface area contributed by atoms with E-state index in [0.29, 0.717) is 19.0 Å². The van der Waals surface area contributed by atoms with Crippen molar-refractivity contribution < 1.29 is 8.42 Å². The molecule has 3 N–H and O–H groups in total. The van der Waals surface area contributed by atoms with Crippen LogP contribution in [0.1, 0.15) is 18.9 Å². The fourth-order valence-corrected chi connectivity index (χ4v) is 3.41. The Kier molecular flexibility index (Phi) is 11.7. The molecule has 0 amide bonds. The van der Waals surface area contributed by atoms with Crippen molar-refractivity contribution in [3.63, 3.8) is 0 Å². The summed E-state index contributed by atoms with van der Waals surface area (Å²) in [6.45, 7) is 4.12. The van der Waals surface area contributed by atoms with Gasteiger partial charge in [-0.2, -0.15) is 0 Å². The maximum atomic E-state index is 12.1. The number of nitrogens with one attached hydrogen (secondary N) is 3. The lowest BCUT2D eigenvalue weighted by molar-refractivity contribution is 0.580. The van der Waals surface area contributed by atoms with Crippen LogP contribution in [0.4, 0.5) is 0 Å². The Morgan fingerprint density at radius 1 is 1.07 bits per heavy atom. The van der Waals surface area contributed by atoms with Crippen LogP contribution in [-0.2, 0) is 16.4 Å². The number of aliphatic imine (C=N–C) groups is 1. The van der Waals surface area contributed by atoms with Crippen LogP contribution < -0.4 is 15.4 Å². The van der Waals surface area contributed by atoms with Crippen LogP contribution in [0, 0.1) is 0 Å². The van der Waals surface area contributed by atoms with E-state index in [2.05, 4.69) is 37.5 Å². The standard InChI is InChI=1S/C19H27N5O2S.HI/c1-2-21-19(22-13-6-10-17-8-4-3-5-9-17)23-14-15-24-27(25,26)18-11-7-12-20-16-18;/h3-5,7-9,11-12,16,24H,2,6,10,13-15H2,1H3,(H2,21,22,23);1H. The molecule has 0 saturated carbocycles. The first-order valence-electron chi connectivity index (χ1n) is 9.07. The zero-order valence-electron chi connectivity index (χ0n) is 16.0. The van der Waals surface area contributed by atoms with E-state index in [1.165, 1.54) is 24.0 Å². The van der Waals surface area contributed by atoms with E-state index in [0.717, 1.165) is 19.4 Å². The van der Waals surface area contributed by atoms with Gasteiger partial charge in [0.1, 0.15) is 4.90 Å².